The molecule has 1 aliphatic heterocycles. The van der Waals surface area contributed by atoms with E-state index in [0.29, 0.717) is 21.2 Å². The van der Waals surface area contributed by atoms with Gasteiger partial charge in [-0.1, -0.05) is 29.8 Å². The summed E-state index contributed by atoms with van der Waals surface area (Å²) in [5.41, 5.74) is 2.50. The maximum Gasteiger partial charge on any atom is 0.228 e. The summed E-state index contributed by atoms with van der Waals surface area (Å²) in [5.74, 6) is -0.152. The number of allylic oxidation sites excluding steroid dienone is 3. The quantitative estimate of drug-likeness (QED) is 0.782. The number of carbonyl (C=O) groups is 1. The van der Waals surface area contributed by atoms with E-state index in [-0.39, 0.29) is 5.91 Å². The maximum absolute atomic E-state index is 12.6. The van der Waals surface area contributed by atoms with Gasteiger partial charge >= 0.3 is 0 Å². The van der Waals surface area contributed by atoms with Crippen molar-refractivity contribution in [2.24, 2.45) is 0 Å². The van der Waals surface area contributed by atoms with E-state index in [1.54, 1.807) is 30.4 Å². The Bertz CT molecular complexity index is 622. The molecule has 104 valence electrons. The molecule has 1 aromatic carbocycles. The molecule has 0 spiro atoms. The van der Waals surface area contributed by atoms with Crippen LogP contribution in [0, 0.1) is 0 Å². The fourth-order valence-corrected chi connectivity index (χ4v) is 3.62. The molecule has 0 aliphatic carbocycles. The minimum atomic E-state index is -1.33. The molecule has 1 atom stereocenters. The van der Waals surface area contributed by atoms with Crippen LogP contribution in [0.2, 0.25) is 0 Å². The second-order valence-electron chi connectivity index (χ2n) is 4.13. The highest BCUT2D eigenvalue weighted by Gasteiger charge is 2.35. The Morgan fingerprint density at radius 3 is 2.65 bits per heavy atom. The summed E-state index contributed by atoms with van der Waals surface area (Å²) >= 11 is 4.34. The van der Waals surface area contributed by atoms with Gasteiger partial charge in [-0.2, -0.15) is 0 Å². The minimum Gasteiger partial charge on any atom is -0.606 e. The van der Waals surface area contributed by atoms with E-state index < -0.39 is 11.2 Å². The summed E-state index contributed by atoms with van der Waals surface area (Å²) < 4.78 is 12.6. The lowest BCUT2D eigenvalue weighted by Crippen LogP contribution is -2.33. The van der Waals surface area contributed by atoms with E-state index in [1.807, 2.05) is 19.1 Å². The Kier molecular flexibility index (Phi) is 4.70. The van der Waals surface area contributed by atoms with Crippen LogP contribution in [0.4, 0.5) is 5.69 Å². The van der Waals surface area contributed by atoms with Crippen molar-refractivity contribution < 1.29 is 9.35 Å². The van der Waals surface area contributed by atoms with Crippen molar-refractivity contribution in [1.29, 1.82) is 0 Å². The van der Waals surface area contributed by atoms with Gasteiger partial charge < -0.3 is 4.55 Å². The lowest BCUT2D eigenvalue weighted by Gasteiger charge is -2.30. The molecule has 1 aromatic rings. The molecule has 0 bridgehead atoms. The molecule has 1 unspecified atom stereocenters. The normalized spacial score (nSPS) is 19.0. The molecule has 20 heavy (non-hydrogen) atoms. The van der Waals surface area contributed by atoms with Crippen LogP contribution in [0.25, 0.3) is 0 Å². The van der Waals surface area contributed by atoms with E-state index in [0.717, 1.165) is 0 Å². The number of fused-ring (bicyclic) bond motifs is 1. The van der Waals surface area contributed by atoms with Gasteiger partial charge in [0.05, 0.1) is 0 Å². The van der Waals surface area contributed by atoms with Crippen LogP contribution in [0.15, 0.2) is 63.5 Å². The number of halogens is 1. The summed E-state index contributed by atoms with van der Waals surface area (Å²) in [6.07, 6.45) is 5.13. The lowest BCUT2D eigenvalue weighted by molar-refractivity contribution is -0.116. The van der Waals surface area contributed by atoms with Crippen LogP contribution in [-0.2, 0) is 16.0 Å². The highest BCUT2D eigenvalue weighted by molar-refractivity contribution is 7.95. The number of para-hydroxylation sites is 1. The fourth-order valence-electron chi connectivity index (χ4n) is 2.11. The molecule has 0 N–H and O–H groups in total. The predicted molar refractivity (Wildman–Crippen MR) is 82.8 cm³/mol. The van der Waals surface area contributed by atoms with Crippen LogP contribution in [0.1, 0.15) is 13.8 Å². The lowest BCUT2D eigenvalue weighted by atomic mass is 10.2. The van der Waals surface area contributed by atoms with Crippen molar-refractivity contribution in [3.05, 3.63) is 58.6 Å². The van der Waals surface area contributed by atoms with E-state index >= 15 is 0 Å². The molecule has 0 saturated heterocycles. The van der Waals surface area contributed by atoms with Crippen molar-refractivity contribution in [2.45, 2.75) is 18.7 Å². The first kappa shape index (κ1) is 14.9. The first-order valence-corrected chi connectivity index (χ1v) is 7.65. The smallest absolute Gasteiger partial charge is 0.228 e. The van der Waals surface area contributed by atoms with E-state index in [1.165, 1.54) is 17.4 Å². The van der Waals surface area contributed by atoms with Gasteiger partial charge in [-0.05, 0) is 31.2 Å². The van der Waals surface area contributed by atoms with Gasteiger partial charge in [-0.3, -0.25) is 9.69 Å². The number of benzene rings is 1. The van der Waals surface area contributed by atoms with Crippen LogP contribution < -0.4 is 4.90 Å². The molecule has 2 rings (SSSR count). The van der Waals surface area contributed by atoms with Gasteiger partial charge in [0, 0.05) is 23.6 Å². The standard InChI is InChI=1S/C15H14ClNO2S/c1-3-6-14-13(9-10-16)17(11(2)18)12-7-4-5-8-15(12)20(14)19/h3-10H,1-2H3/b6-3-,10-9+. The molecule has 0 aromatic heterocycles. The average molecular weight is 308 g/mol. The van der Waals surface area contributed by atoms with Gasteiger partial charge in [0.25, 0.3) is 0 Å². The number of hydrogen-bond donors (Lipinski definition) is 0. The van der Waals surface area contributed by atoms with Crippen molar-refractivity contribution in [1.82, 2.24) is 0 Å². The third kappa shape index (κ3) is 2.54. The SMILES string of the molecule is C/C=C\C1=C(/C=C/Cl)N(C(C)=O)c2ccccc2[S+]1[O-]. The summed E-state index contributed by atoms with van der Waals surface area (Å²) in [4.78, 5) is 14.7. The Morgan fingerprint density at radius 2 is 2.05 bits per heavy atom. The van der Waals surface area contributed by atoms with Gasteiger partial charge in [0.2, 0.25) is 5.91 Å². The Balaban J connectivity index is 2.74. The molecule has 1 aliphatic rings. The molecule has 1 amide bonds. The van der Waals surface area contributed by atoms with Crippen molar-refractivity contribution in [3.63, 3.8) is 0 Å². The summed E-state index contributed by atoms with van der Waals surface area (Å²) in [6.45, 7) is 3.31. The zero-order valence-corrected chi connectivity index (χ0v) is 12.7. The van der Waals surface area contributed by atoms with Crippen molar-refractivity contribution in [2.75, 3.05) is 4.90 Å². The minimum absolute atomic E-state index is 0.152. The van der Waals surface area contributed by atoms with E-state index in [4.69, 9.17) is 11.6 Å². The maximum atomic E-state index is 12.6. The van der Waals surface area contributed by atoms with Gasteiger partial charge in [-0.15, -0.1) is 0 Å². The monoisotopic (exact) mass is 307 g/mol. The van der Waals surface area contributed by atoms with Crippen molar-refractivity contribution >= 4 is 34.4 Å². The molecule has 5 heteroatoms. The molecule has 0 radical (unpaired) electrons. The number of carbonyl (C=O) groups excluding carboxylic acids is 1. The number of nitrogens with zero attached hydrogens (tertiary/aromatic N) is 1. The number of amides is 1. The fraction of sp³-hybridized carbons (Fsp3) is 0.133. The van der Waals surface area contributed by atoms with Crippen LogP contribution in [0.3, 0.4) is 0 Å². The largest absolute Gasteiger partial charge is 0.606 e. The van der Waals surface area contributed by atoms with Crippen LogP contribution >= 0.6 is 11.6 Å². The molecule has 3 nitrogen and oxygen atoms in total. The van der Waals surface area contributed by atoms with Gasteiger partial charge in [0.15, 0.2) is 9.80 Å². The second kappa shape index (κ2) is 6.31. The molecular weight excluding hydrogens is 294 g/mol. The zero-order chi connectivity index (χ0) is 14.7. The van der Waals surface area contributed by atoms with E-state index in [9.17, 15) is 9.35 Å². The Labute approximate surface area is 126 Å². The third-order valence-corrected chi connectivity index (χ3v) is 4.47. The zero-order valence-electron chi connectivity index (χ0n) is 11.2. The average Bonchev–Trinajstić information content (AvgIpc) is 2.43. The van der Waals surface area contributed by atoms with E-state index in [2.05, 4.69) is 0 Å². The number of rotatable bonds is 2. The highest BCUT2D eigenvalue weighted by atomic mass is 35.5. The Hall–Kier alpha value is -1.49. The number of hydrogen-bond acceptors (Lipinski definition) is 2. The highest BCUT2D eigenvalue weighted by Crippen LogP contribution is 2.39. The molecule has 1 heterocycles. The summed E-state index contributed by atoms with van der Waals surface area (Å²) in [5, 5.41) is 0. The topological polar surface area (TPSA) is 43.4 Å². The molecule has 0 fully saturated rings. The summed E-state index contributed by atoms with van der Waals surface area (Å²) in [7, 11) is 0. The molecule has 0 saturated carbocycles. The first-order chi connectivity index (χ1) is 9.61. The van der Waals surface area contributed by atoms with Crippen LogP contribution in [-0.4, -0.2) is 10.5 Å². The van der Waals surface area contributed by atoms with Gasteiger partial charge in [0.1, 0.15) is 11.4 Å². The second-order valence-corrected chi connectivity index (χ2v) is 5.80. The Morgan fingerprint density at radius 1 is 1.35 bits per heavy atom. The van der Waals surface area contributed by atoms with Crippen LogP contribution in [0.5, 0.6) is 0 Å². The number of anilines is 1. The third-order valence-electron chi connectivity index (χ3n) is 2.85. The van der Waals surface area contributed by atoms with Gasteiger partial charge in [-0.25, -0.2) is 0 Å². The summed E-state index contributed by atoms with van der Waals surface area (Å²) in [6, 6.07) is 7.18. The van der Waals surface area contributed by atoms with Crippen molar-refractivity contribution in [3.8, 4) is 0 Å². The molecular formula is C15H14ClNO2S. The first-order valence-electron chi connectivity index (χ1n) is 6.07. The predicted octanol–water partition coefficient (Wildman–Crippen LogP) is 3.70.